The number of nitrogens with zero attached hydrogens (tertiary/aromatic N) is 1. The summed E-state index contributed by atoms with van der Waals surface area (Å²) in [6.45, 7) is 3.33. The van der Waals surface area contributed by atoms with Crippen LogP contribution in [-0.4, -0.2) is 42.9 Å². The lowest BCUT2D eigenvalue weighted by Crippen LogP contribution is -2.42. The van der Waals surface area contributed by atoms with Crippen LogP contribution in [0.25, 0.3) is 0 Å². The van der Waals surface area contributed by atoms with Crippen LogP contribution in [0, 0.1) is 17.6 Å². The Kier molecular flexibility index (Phi) is 7.30. The van der Waals surface area contributed by atoms with Crippen molar-refractivity contribution in [1.82, 2.24) is 10.2 Å². The van der Waals surface area contributed by atoms with E-state index in [2.05, 4.69) is 27.7 Å². The molecule has 154 valence electrons. The van der Waals surface area contributed by atoms with Gasteiger partial charge in [-0.1, -0.05) is 30.3 Å². The monoisotopic (exact) mass is 401 g/mol. The second-order valence-corrected chi connectivity index (χ2v) is 7.31. The van der Waals surface area contributed by atoms with Gasteiger partial charge in [0.15, 0.2) is 0 Å². The maximum absolute atomic E-state index is 13.6. The first-order chi connectivity index (χ1) is 14.0. The first-order valence-electron chi connectivity index (χ1n) is 9.82. The molecule has 1 aliphatic rings. The lowest BCUT2D eigenvalue weighted by atomic mass is 9.96. The Hall–Kier alpha value is -2.80. The van der Waals surface area contributed by atoms with Crippen molar-refractivity contribution < 1.29 is 18.4 Å². The predicted molar refractivity (Wildman–Crippen MR) is 107 cm³/mol. The molecule has 0 unspecified atom stereocenters. The number of nitrogens with one attached hydrogen (secondary N) is 2. The fraction of sp³-hybridized carbons (Fsp3) is 0.364. The van der Waals surface area contributed by atoms with Crippen LogP contribution in [0.5, 0.6) is 0 Å². The van der Waals surface area contributed by atoms with Crippen molar-refractivity contribution in [2.24, 2.45) is 5.92 Å². The second-order valence-electron chi connectivity index (χ2n) is 7.31. The molecule has 0 spiro atoms. The molecule has 1 saturated heterocycles. The normalized spacial score (nSPS) is 15.1. The van der Waals surface area contributed by atoms with E-state index < -0.39 is 23.4 Å². The molecule has 0 atom stereocenters. The second kappa shape index (κ2) is 10.1. The Labute approximate surface area is 169 Å². The maximum Gasteiger partial charge on any atom is 0.313 e. The van der Waals surface area contributed by atoms with Crippen molar-refractivity contribution in [3.05, 3.63) is 65.7 Å². The average Bonchev–Trinajstić information content (AvgIpc) is 2.74. The van der Waals surface area contributed by atoms with Crippen LogP contribution in [0.1, 0.15) is 18.4 Å². The summed E-state index contributed by atoms with van der Waals surface area (Å²) < 4.78 is 26.5. The van der Waals surface area contributed by atoms with Gasteiger partial charge in [-0.05, 0) is 56.0 Å². The Morgan fingerprint density at radius 2 is 1.72 bits per heavy atom. The standard InChI is InChI=1S/C22H25F2N3O2/c23-18-6-7-20(19(24)14-18)26-22(29)21(28)25-15-17-9-12-27(13-10-17)11-8-16-4-2-1-3-5-16/h1-7,14,17H,8-13,15H2,(H,25,28)(H,26,29). The molecule has 0 bridgehead atoms. The van der Waals surface area contributed by atoms with Crippen LogP contribution in [0.2, 0.25) is 0 Å². The highest BCUT2D eigenvalue weighted by molar-refractivity contribution is 6.39. The number of benzene rings is 2. The van der Waals surface area contributed by atoms with Crippen molar-refractivity contribution in [3.8, 4) is 0 Å². The van der Waals surface area contributed by atoms with Gasteiger partial charge in [-0.3, -0.25) is 9.59 Å². The SMILES string of the molecule is O=C(NCC1CCN(CCc2ccccc2)CC1)C(=O)Nc1ccc(F)cc1F. The molecule has 1 aliphatic heterocycles. The van der Waals surface area contributed by atoms with E-state index in [1.54, 1.807) is 0 Å². The summed E-state index contributed by atoms with van der Waals surface area (Å²) in [6, 6.07) is 13.1. The Balaban J connectivity index is 1.36. The number of piperidine rings is 1. The van der Waals surface area contributed by atoms with Gasteiger partial charge in [0.1, 0.15) is 11.6 Å². The summed E-state index contributed by atoms with van der Waals surface area (Å²) in [5, 5.41) is 4.77. The van der Waals surface area contributed by atoms with Gasteiger partial charge in [-0.25, -0.2) is 8.78 Å². The fourth-order valence-electron chi connectivity index (χ4n) is 3.43. The van der Waals surface area contributed by atoms with Crippen LogP contribution >= 0.6 is 0 Å². The third-order valence-electron chi connectivity index (χ3n) is 5.20. The van der Waals surface area contributed by atoms with E-state index in [0.717, 1.165) is 51.0 Å². The van der Waals surface area contributed by atoms with Gasteiger partial charge in [0.2, 0.25) is 0 Å². The van der Waals surface area contributed by atoms with Crippen LogP contribution in [-0.2, 0) is 16.0 Å². The lowest BCUT2D eigenvalue weighted by Gasteiger charge is -2.32. The Morgan fingerprint density at radius 3 is 2.41 bits per heavy atom. The van der Waals surface area contributed by atoms with Crippen molar-refractivity contribution in [2.75, 3.05) is 31.5 Å². The number of rotatable bonds is 6. The van der Waals surface area contributed by atoms with Crippen molar-refractivity contribution in [1.29, 1.82) is 0 Å². The van der Waals surface area contributed by atoms with Gasteiger partial charge in [0.05, 0.1) is 5.69 Å². The zero-order chi connectivity index (χ0) is 20.6. The minimum absolute atomic E-state index is 0.224. The van der Waals surface area contributed by atoms with Crippen LogP contribution < -0.4 is 10.6 Å². The molecule has 5 nitrogen and oxygen atoms in total. The molecule has 0 saturated carbocycles. The summed E-state index contributed by atoms with van der Waals surface area (Å²) in [7, 11) is 0. The molecular formula is C22H25F2N3O2. The zero-order valence-electron chi connectivity index (χ0n) is 16.2. The fourth-order valence-corrected chi connectivity index (χ4v) is 3.43. The summed E-state index contributed by atoms with van der Waals surface area (Å²) in [6.07, 6.45) is 2.91. The highest BCUT2D eigenvalue weighted by Crippen LogP contribution is 2.17. The Bertz CT molecular complexity index is 837. The van der Waals surface area contributed by atoms with Crippen molar-refractivity contribution >= 4 is 17.5 Å². The third-order valence-corrected chi connectivity index (χ3v) is 5.20. The largest absolute Gasteiger partial charge is 0.348 e. The molecule has 0 aromatic heterocycles. The van der Waals surface area contributed by atoms with Gasteiger partial charge < -0.3 is 15.5 Å². The summed E-state index contributed by atoms with van der Waals surface area (Å²) in [5.41, 5.74) is 1.10. The van der Waals surface area contributed by atoms with Crippen LogP contribution in [0.3, 0.4) is 0 Å². The lowest BCUT2D eigenvalue weighted by molar-refractivity contribution is -0.136. The highest BCUT2D eigenvalue weighted by Gasteiger charge is 2.21. The van der Waals surface area contributed by atoms with Gasteiger partial charge >= 0.3 is 11.8 Å². The summed E-state index contributed by atoms with van der Waals surface area (Å²) in [5.74, 6) is -3.15. The molecule has 7 heteroatoms. The topological polar surface area (TPSA) is 61.4 Å². The highest BCUT2D eigenvalue weighted by atomic mass is 19.1. The number of likely N-dealkylation sites (tertiary alicyclic amines) is 1. The van der Waals surface area contributed by atoms with Gasteiger partial charge in [-0.2, -0.15) is 0 Å². The minimum atomic E-state index is -0.962. The Morgan fingerprint density at radius 1 is 1.00 bits per heavy atom. The third kappa shape index (κ3) is 6.35. The number of amides is 2. The van der Waals surface area contributed by atoms with Crippen molar-refractivity contribution in [3.63, 3.8) is 0 Å². The smallest absolute Gasteiger partial charge is 0.313 e. The first kappa shape index (κ1) is 20.9. The van der Waals surface area contributed by atoms with E-state index in [9.17, 15) is 18.4 Å². The quantitative estimate of drug-likeness (QED) is 0.732. The zero-order valence-corrected chi connectivity index (χ0v) is 16.2. The maximum atomic E-state index is 13.6. The van der Waals surface area contributed by atoms with Crippen LogP contribution in [0.15, 0.2) is 48.5 Å². The van der Waals surface area contributed by atoms with E-state index >= 15 is 0 Å². The molecular weight excluding hydrogens is 376 g/mol. The molecule has 2 aromatic carbocycles. The summed E-state index contributed by atoms with van der Waals surface area (Å²) in [4.78, 5) is 26.3. The van der Waals surface area contributed by atoms with Gasteiger partial charge in [-0.15, -0.1) is 0 Å². The number of carbonyl (C=O) groups excluding carboxylic acids is 2. The molecule has 2 N–H and O–H groups in total. The van der Waals surface area contributed by atoms with E-state index in [1.165, 1.54) is 5.56 Å². The number of carbonyl (C=O) groups is 2. The van der Waals surface area contributed by atoms with Crippen LogP contribution in [0.4, 0.5) is 14.5 Å². The molecule has 29 heavy (non-hydrogen) atoms. The molecule has 0 aliphatic carbocycles. The molecule has 3 rings (SSSR count). The molecule has 2 aromatic rings. The minimum Gasteiger partial charge on any atom is -0.348 e. The summed E-state index contributed by atoms with van der Waals surface area (Å²) >= 11 is 0. The van der Waals surface area contributed by atoms with Gasteiger partial charge in [0, 0.05) is 19.2 Å². The molecule has 0 radical (unpaired) electrons. The first-order valence-corrected chi connectivity index (χ1v) is 9.82. The number of hydrogen-bond donors (Lipinski definition) is 2. The molecule has 2 amide bonds. The average molecular weight is 401 g/mol. The molecule has 1 fully saturated rings. The van der Waals surface area contributed by atoms with Crippen molar-refractivity contribution in [2.45, 2.75) is 19.3 Å². The predicted octanol–water partition coefficient (Wildman–Crippen LogP) is 2.97. The van der Waals surface area contributed by atoms with E-state index in [-0.39, 0.29) is 5.69 Å². The van der Waals surface area contributed by atoms with E-state index in [0.29, 0.717) is 18.5 Å². The molecule has 1 heterocycles. The van der Waals surface area contributed by atoms with E-state index in [4.69, 9.17) is 0 Å². The van der Waals surface area contributed by atoms with Gasteiger partial charge in [0.25, 0.3) is 0 Å². The number of halogens is 2. The number of hydrogen-bond acceptors (Lipinski definition) is 3. The number of anilines is 1. The van der Waals surface area contributed by atoms with E-state index in [1.807, 2.05) is 18.2 Å².